The second-order valence-electron chi connectivity index (χ2n) is 5.54. The van der Waals surface area contributed by atoms with Crippen molar-refractivity contribution in [2.75, 3.05) is 6.61 Å². The van der Waals surface area contributed by atoms with Crippen LogP contribution in [0.25, 0.3) is 0 Å². The monoisotopic (exact) mass is 362 g/mol. The van der Waals surface area contributed by atoms with E-state index in [2.05, 4.69) is 12.2 Å². The molecule has 2 aromatic carbocycles. The lowest BCUT2D eigenvalue weighted by molar-refractivity contribution is -0.385. The molecule has 0 spiro atoms. The molecule has 0 fully saturated rings. The first kappa shape index (κ1) is 18.7. The third-order valence-electron chi connectivity index (χ3n) is 3.74. The zero-order valence-corrected chi connectivity index (χ0v) is 14.7. The summed E-state index contributed by atoms with van der Waals surface area (Å²) in [4.78, 5) is 22.4. The summed E-state index contributed by atoms with van der Waals surface area (Å²) < 4.78 is 5.28. The Hall–Kier alpha value is -2.60. The van der Waals surface area contributed by atoms with Crippen LogP contribution < -0.4 is 10.1 Å². The first-order chi connectivity index (χ1) is 11.9. The average molecular weight is 363 g/mol. The Labute approximate surface area is 150 Å². The second kappa shape index (κ2) is 8.48. The summed E-state index contributed by atoms with van der Waals surface area (Å²) in [7, 11) is 0. The molecule has 2 aromatic rings. The molecule has 132 valence electrons. The molecule has 1 unspecified atom stereocenters. The predicted molar refractivity (Wildman–Crippen MR) is 96.0 cm³/mol. The number of nitrogens with zero attached hydrogens (tertiary/aromatic N) is 1. The normalized spacial score (nSPS) is 11.6. The topological polar surface area (TPSA) is 81.5 Å². The highest BCUT2D eigenvalue weighted by Crippen LogP contribution is 2.29. The van der Waals surface area contributed by atoms with E-state index >= 15 is 0 Å². The summed E-state index contributed by atoms with van der Waals surface area (Å²) in [6.07, 6.45) is 0.953. The molecule has 0 aliphatic rings. The van der Waals surface area contributed by atoms with Crippen molar-refractivity contribution in [2.45, 2.75) is 26.3 Å². The van der Waals surface area contributed by atoms with Crippen molar-refractivity contribution in [1.29, 1.82) is 0 Å². The van der Waals surface area contributed by atoms with Gasteiger partial charge in [0.1, 0.15) is 0 Å². The number of amides is 1. The minimum Gasteiger partial charge on any atom is -0.477 e. The van der Waals surface area contributed by atoms with Crippen molar-refractivity contribution in [1.82, 2.24) is 5.32 Å². The van der Waals surface area contributed by atoms with Gasteiger partial charge in [-0.3, -0.25) is 14.9 Å². The van der Waals surface area contributed by atoms with Gasteiger partial charge in [-0.2, -0.15) is 0 Å². The highest BCUT2D eigenvalue weighted by atomic mass is 35.5. The molecule has 0 radical (unpaired) electrons. The van der Waals surface area contributed by atoms with Gasteiger partial charge in [-0.05, 0) is 36.6 Å². The molecule has 1 atom stereocenters. The molecule has 0 saturated heterocycles. The Morgan fingerprint density at radius 3 is 2.56 bits per heavy atom. The number of hydrogen-bond acceptors (Lipinski definition) is 4. The first-order valence-corrected chi connectivity index (χ1v) is 8.23. The molecule has 0 aliphatic carbocycles. The number of halogens is 1. The maximum Gasteiger partial charge on any atom is 0.312 e. The van der Waals surface area contributed by atoms with Gasteiger partial charge in [0.2, 0.25) is 0 Å². The zero-order valence-electron chi connectivity index (χ0n) is 14.0. The quantitative estimate of drug-likeness (QED) is 0.594. The molecule has 1 N–H and O–H groups in total. The summed E-state index contributed by atoms with van der Waals surface area (Å²) in [6, 6.07) is 11.8. The van der Waals surface area contributed by atoms with Crippen LogP contribution in [0.4, 0.5) is 5.69 Å². The number of ether oxygens (including phenoxy) is 1. The average Bonchev–Trinajstić information content (AvgIpc) is 2.60. The van der Waals surface area contributed by atoms with Crippen LogP contribution in [0.3, 0.4) is 0 Å². The van der Waals surface area contributed by atoms with Gasteiger partial charge in [-0.25, -0.2) is 0 Å². The number of carbonyl (C=O) groups excluding carboxylic acids is 1. The fourth-order valence-corrected chi connectivity index (χ4v) is 2.47. The highest BCUT2D eigenvalue weighted by Gasteiger charge is 2.17. The lowest BCUT2D eigenvalue weighted by Gasteiger charge is -2.15. The van der Waals surface area contributed by atoms with E-state index in [1.54, 1.807) is 0 Å². The standard InChI is InChI=1S/C18H19ClN2O4/c1-3-13-4-6-14(7-5-13)12(2)20-18(22)11-25-17-9-8-15(19)10-16(17)21(23)24/h4-10,12H,3,11H2,1-2H3,(H,20,22). The Kier molecular flexibility index (Phi) is 6.36. The fourth-order valence-electron chi connectivity index (χ4n) is 2.31. The van der Waals surface area contributed by atoms with Crippen molar-refractivity contribution in [2.24, 2.45) is 0 Å². The summed E-state index contributed by atoms with van der Waals surface area (Å²) in [5.74, 6) is -0.360. The number of aryl methyl sites for hydroxylation is 1. The van der Waals surface area contributed by atoms with Gasteiger partial charge in [-0.1, -0.05) is 42.8 Å². The molecule has 1 amide bonds. The Bertz CT molecular complexity index is 762. The summed E-state index contributed by atoms with van der Waals surface area (Å²) >= 11 is 5.74. The van der Waals surface area contributed by atoms with Crippen LogP contribution in [0.15, 0.2) is 42.5 Å². The van der Waals surface area contributed by atoms with E-state index in [-0.39, 0.29) is 35.0 Å². The number of rotatable bonds is 7. The number of nitro benzene ring substituents is 1. The summed E-state index contributed by atoms with van der Waals surface area (Å²) in [5.41, 5.74) is 1.92. The van der Waals surface area contributed by atoms with Gasteiger partial charge < -0.3 is 10.1 Å². The van der Waals surface area contributed by atoms with Gasteiger partial charge in [0.15, 0.2) is 12.4 Å². The maximum atomic E-state index is 12.0. The van der Waals surface area contributed by atoms with Crippen molar-refractivity contribution < 1.29 is 14.5 Å². The van der Waals surface area contributed by atoms with Crippen LogP contribution in [0.1, 0.15) is 31.0 Å². The van der Waals surface area contributed by atoms with Crippen molar-refractivity contribution in [3.8, 4) is 5.75 Å². The Balaban J connectivity index is 1.95. The lowest BCUT2D eigenvalue weighted by atomic mass is 10.1. The minimum atomic E-state index is -0.600. The van der Waals surface area contributed by atoms with Crippen LogP contribution in [0.5, 0.6) is 5.75 Å². The smallest absolute Gasteiger partial charge is 0.312 e. The zero-order chi connectivity index (χ0) is 18.4. The van der Waals surface area contributed by atoms with E-state index in [4.69, 9.17) is 16.3 Å². The maximum absolute atomic E-state index is 12.0. The molecule has 0 bridgehead atoms. The van der Waals surface area contributed by atoms with E-state index < -0.39 is 4.92 Å². The SMILES string of the molecule is CCc1ccc(C(C)NC(=O)COc2ccc(Cl)cc2[N+](=O)[O-])cc1. The van der Waals surface area contributed by atoms with Crippen molar-refractivity contribution in [3.05, 3.63) is 68.7 Å². The minimum absolute atomic E-state index is 0.00417. The van der Waals surface area contributed by atoms with E-state index in [0.29, 0.717) is 0 Å². The molecule has 6 nitrogen and oxygen atoms in total. The fraction of sp³-hybridized carbons (Fsp3) is 0.278. The first-order valence-electron chi connectivity index (χ1n) is 7.85. The van der Waals surface area contributed by atoms with Crippen LogP contribution >= 0.6 is 11.6 Å². The third-order valence-corrected chi connectivity index (χ3v) is 3.98. The molecule has 0 aliphatic heterocycles. The van der Waals surface area contributed by atoms with Gasteiger partial charge in [0.25, 0.3) is 5.91 Å². The number of nitro groups is 1. The van der Waals surface area contributed by atoms with Crippen LogP contribution in [-0.4, -0.2) is 17.4 Å². The van der Waals surface area contributed by atoms with Crippen LogP contribution in [-0.2, 0) is 11.2 Å². The second-order valence-corrected chi connectivity index (χ2v) is 5.98. The van der Waals surface area contributed by atoms with Crippen LogP contribution in [0.2, 0.25) is 5.02 Å². The largest absolute Gasteiger partial charge is 0.477 e. The third kappa shape index (κ3) is 5.19. The summed E-state index contributed by atoms with van der Waals surface area (Å²) in [5, 5.41) is 14.0. The number of nitrogens with one attached hydrogen (secondary N) is 1. The van der Waals surface area contributed by atoms with Crippen molar-refractivity contribution >= 4 is 23.2 Å². The van der Waals surface area contributed by atoms with E-state index in [1.165, 1.54) is 23.8 Å². The van der Waals surface area contributed by atoms with E-state index in [0.717, 1.165) is 12.0 Å². The molecule has 25 heavy (non-hydrogen) atoms. The molecule has 0 aromatic heterocycles. The van der Waals surface area contributed by atoms with Crippen LogP contribution in [0, 0.1) is 10.1 Å². The van der Waals surface area contributed by atoms with Crippen molar-refractivity contribution in [3.63, 3.8) is 0 Å². The Morgan fingerprint density at radius 2 is 1.96 bits per heavy atom. The molecule has 7 heteroatoms. The lowest BCUT2D eigenvalue weighted by Crippen LogP contribution is -2.31. The molecular weight excluding hydrogens is 344 g/mol. The molecule has 0 heterocycles. The molecule has 0 saturated carbocycles. The van der Waals surface area contributed by atoms with E-state index in [1.807, 2.05) is 31.2 Å². The molecular formula is C18H19ClN2O4. The number of hydrogen-bond donors (Lipinski definition) is 1. The highest BCUT2D eigenvalue weighted by molar-refractivity contribution is 6.30. The van der Waals surface area contributed by atoms with Gasteiger partial charge >= 0.3 is 5.69 Å². The van der Waals surface area contributed by atoms with Gasteiger partial charge in [-0.15, -0.1) is 0 Å². The Morgan fingerprint density at radius 1 is 1.28 bits per heavy atom. The van der Waals surface area contributed by atoms with Gasteiger partial charge in [0, 0.05) is 11.1 Å². The summed E-state index contributed by atoms with van der Waals surface area (Å²) in [6.45, 7) is 3.62. The predicted octanol–water partition coefficient (Wildman–Crippen LogP) is 4.07. The van der Waals surface area contributed by atoms with E-state index in [9.17, 15) is 14.9 Å². The number of carbonyl (C=O) groups is 1. The van der Waals surface area contributed by atoms with Gasteiger partial charge in [0.05, 0.1) is 11.0 Å². The molecule has 2 rings (SSSR count). The number of benzene rings is 2.